The summed E-state index contributed by atoms with van der Waals surface area (Å²) in [6, 6.07) is -0.342. The predicted octanol–water partition coefficient (Wildman–Crippen LogP) is 0.279. The molecule has 2 unspecified atom stereocenters. The van der Waals surface area contributed by atoms with Crippen LogP contribution in [0.3, 0.4) is 0 Å². The van der Waals surface area contributed by atoms with Crippen molar-refractivity contribution in [3.63, 3.8) is 0 Å². The highest BCUT2D eigenvalue weighted by Crippen LogP contribution is 2.19. The summed E-state index contributed by atoms with van der Waals surface area (Å²) in [5.74, 6) is -1.03. The molecule has 0 aromatic carbocycles. The van der Waals surface area contributed by atoms with Crippen molar-refractivity contribution in [1.29, 1.82) is 0 Å². The molecule has 1 fully saturated rings. The number of hydrogen-bond donors (Lipinski definition) is 1. The molecule has 11 heavy (non-hydrogen) atoms. The van der Waals surface area contributed by atoms with E-state index in [-0.39, 0.29) is 6.04 Å². The van der Waals surface area contributed by atoms with Crippen LogP contribution in [0.25, 0.3) is 0 Å². The van der Waals surface area contributed by atoms with Gasteiger partial charge in [-0.1, -0.05) is 6.08 Å². The average molecular weight is 159 g/mol. The number of likely N-dealkylation sites (N-methyl/N-ethyl adjacent to an activating group) is 1. The minimum absolute atomic E-state index is 0.342. The van der Waals surface area contributed by atoms with Gasteiger partial charge in [0, 0.05) is 12.6 Å². The van der Waals surface area contributed by atoms with Gasteiger partial charge in [-0.25, -0.2) is 9.18 Å². The van der Waals surface area contributed by atoms with E-state index >= 15 is 0 Å². The molecule has 3 nitrogen and oxygen atoms in total. The maximum atomic E-state index is 12.6. The quantitative estimate of drug-likeness (QED) is 0.588. The highest BCUT2D eigenvalue weighted by Gasteiger charge is 2.34. The molecule has 62 valence electrons. The molecule has 0 aromatic rings. The number of nitrogens with zero attached hydrogens (tertiary/aromatic N) is 1. The summed E-state index contributed by atoms with van der Waals surface area (Å²) in [5, 5.41) is 8.23. The average Bonchev–Trinajstić information content (AvgIpc) is 1.86. The van der Waals surface area contributed by atoms with Gasteiger partial charge in [0.2, 0.25) is 0 Å². The highest BCUT2D eigenvalue weighted by atomic mass is 19.1. The Kier molecular flexibility index (Phi) is 2.24. The van der Waals surface area contributed by atoms with Gasteiger partial charge < -0.3 is 5.11 Å². The zero-order valence-corrected chi connectivity index (χ0v) is 6.20. The molecule has 0 aliphatic carbocycles. The van der Waals surface area contributed by atoms with Crippen molar-refractivity contribution in [3.8, 4) is 0 Å². The molecule has 1 heterocycles. The third kappa shape index (κ3) is 1.77. The monoisotopic (exact) mass is 159 g/mol. The maximum Gasteiger partial charge on any atom is 0.328 e. The van der Waals surface area contributed by atoms with Crippen LogP contribution in [0.4, 0.5) is 4.39 Å². The fraction of sp³-hybridized carbons (Fsp3) is 0.571. The Balaban J connectivity index is 2.42. The molecule has 0 aromatic heterocycles. The summed E-state index contributed by atoms with van der Waals surface area (Å²) >= 11 is 0. The number of carboxylic acids is 1. The number of hydrogen-bond acceptors (Lipinski definition) is 2. The van der Waals surface area contributed by atoms with E-state index in [9.17, 15) is 9.18 Å². The van der Waals surface area contributed by atoms with Gasteiger partial charge in [-0.2, -0.15) is 0 Å². The van der Waals surface area contributed by atoms with Crippen LogP contribution in [0.1, 0.15) is 0 Å². The first kappa shape index (κ1) is 8.20. The zero-order chi connectivity index (χ0) is 8.43. The number of carboxylic acid groups (broad SMARTS) is 1. The largest absolute Gasteiger partial charge is 0.478 e. The standard InChI is InChI=1S/C7H10FNO2/c1-9-4-5(8)6(9)2-3-7(10)11/h2-3,5-6H,4H2,1H3,(H,10,11)/b3-2+. The predicted molar refractivity (Wildman–Crippen MR) is 38.1 cm³/mol. The second-order valence-electron chi connectivity index (χ2n) is 2.64. The Labute approximate surface area is 64.1 Å². The molecule has 1 aliphatic heterocycles. The van der Waals surface area contributed by atoms with Crippen LogP contribution in [-0.4, -0.2) is 41.8 Å². The van der Waals surface area contributed by atoms with E-state index in [4.69, 9.17) is 5.11 Å². The number of carbonyl (C=O) groups is 1. The van der Waals surface area contributed by atoms with Crippen LogP contribution in [-0.2, 0) is 4.79 Å². The Morgan fingerprint density at radius 2 is 2.45 bits per heavy atom. The van der Waals surface area contributed by atoms with Crippen LogP contribution in [0.15, 0.2) is 12.2 Å². The van der Waals surface area contributed by atoms with E-state index in [0.717, 1.165) is 6.08 Å². The van der Waals surface area contributed by atoms with Gasteiger partial charge in [0.25, 0.3) is 0 Å². The van der Waals surface area contributed by atoms with Crippen molar-refractivity contribution < 1.29 is 14.3 Å². The summed E-state index contributed by atoms with van der Waals surface area (Å²) in [6.07, 6.45) is 1.44. The summed E-state index contributed by atoms with van der Waals surface area (Å²) in [5.41, 5.74) is 0. The Hall–Kier alpha value is -0.900. The lowest BCUT2D eigenvalue weighted by molar-refractivity contribution is -0.131. The van der Waals surface area contributed by atoms with Crippen molar-refractivity contribution in [2.24, 2.45) is 0 Å². The second kappa shape index (κ2) is 3.00. The Morgan fingerprint density at radius 3 is 2.82 bits per heavy atom. The van der Waals surface area contributed by atoms with Gasteiger partial charge in [-0.3, -0.25) is 4.90 Å². The lowest BCUT2D eigenvalue weighted by Gasteiger charge is -2.39. The Morgan fingerprint density at radius 1 is 1.82 bits per heavy atom. The lowest BCUT2D eigenvalue weighted by Crippen LogP contribution is -2.54. The molecule has 0 saturated carbocycles. The molecule has 2 atom stereocenters. The number of likely N-dealkylation sites (tertiary alicyclic amines) is 1. The van der Waals surface area contributed by atoms with Crippen molar-refractivity contribution in [1.82, 2.24) is 4.90 Å². The summed E-state index contributed by atoms with van der Waals surface area (Å²) < 4.78 is 12.6. The van der Waals surface area contributed by atoms with Crippen molar-refractivity contribution in [3.05, 3.63) is 12.2 Å². The van der Waals surface area contributed by atoms with Gasteiger partial charge in [0.05, 0.1) is 6.04 Å². The van der Waals surface area contributed by atoms with Gasteiger partial charge in [0.1, 0.15) is 6.17 Å². The first-order valence-electron chi connectivity index (χ1n) is 3.36. The molecule has 1 rings (SSSR count). The van der Waals surface area contributed by atoms with Gasteiger partial charge in [0.15, 0.2) is 0 Å². The fourth-order valence-electron chi connectivity index (χ4n) is 1.09. The molecular weight excluding hydrogens is 149 g/mol. The van der Waals surface area contributed by atoms with E-state index in [0.29, 0.717) is 6.54 Å². The number of rotatable bonds is 2. The second-order valence-corrected chi connectivity index (χ2v) is 2.64. The normalized spacial score (nSPS) is 32.2. The summed E-state index contributed by atoms with van der Waals surface area (Å²) in [7, 11) is 1.76. The number of halogens is 1. The van der Waals surface area contributed by atoms with Gasteiger partial charge >= 0.3 is 5.97 Å². The third-order valence-corrected chi connectivity index (χ3v) is 1.78. The molecule has 4 heteroatoms. The third-order valence-electron chi connectivity index (χ3n) is 1.78. The minimum atomic E-state index is -1.03. The van der Waals surface area contributed by atoms with Crippen molar-refractivity contribution >= 4 is 5.97 Å². The van der Waals surface area contributed by atoms with Crippen LogP contribution >= 0.6 is 0 Å². The van der Waals surface area contributed by atoms with E-state index < -0.39 is 12.1 Å². The van der Waals surface area contributed by atoms with E-state index in [1.807, 2.05) is 0 Å². The van der Waals surface area contributed by atoms with Gasteiger partial charge in [-0.05, 0) is 7.05 Å². The molecule has 0 bridgehead atoms. The van der Waals surface area contributed by atoms with Crippen molar-refractivity contribution in [2.75, 3.05) is 13.6 Å². The molecule has 1 aliphatic rings. The summed E-state index contributed by atoms with van der Waals surface area (Å²) in [6.45, 7) is 0.397. The Bertz CT molecular complexity index is 185. The van der Waals surface area contributed by atoms with Crippen LogP contribution in [0.2, 0.25) is 0 Å². The fourth-order valence-corrected chi connectivity index (χ4v) is 1.09. The lowest BCUT2D eigenvalue weighted by atomic mass is 10.0. The first-order chi connectivity index (χ1) is 5.11. The summed E-state index contributed by atoms with van der Waals surface area (Å²) in [4.78, 5) is 11.8. The molecule has 0 spiro atoms. The zero-order valence-electron chi connectivity index (χ0n) is 6.20. The molecule has 0 amide bonds. The van der Waals surface area contributed by atoms with Crippen LogP contribution < -0.4 is 0 Å². The van der Waals surface area contributed by atoms with E-state index in [1.165, 1.54) is 6.08 Å². The topological polar surface area (TPSA) is 40.5 Å². The highest BCUT2D eigenvalue weighted by molar-refractivity contribution is 5.79. The molecule has 0 radical (unpaired) electrons. The SMILES string of the molecule is CN1CC(F)C1/C=C/C(=O)O. The molecule has 1 N–H and O–H groups in total. The first-order valence-corrected chi connectivity index (χ1v) is 3.36. The maximum absolute atomic E-state index is 12.6. The van der Waals surface area contributed by atoms with Crippen LogP contribution in [0.5, 0.6) is 0 Å². The van der Waals surface area contributed by atoms with Crippen molar-refractivity contribution in [2.45, 2.75) is 12.2 Å². The van der Waals surface area contributed by atoms with E-state index in [2.05, 4.69) is 0 Å². The van der Waals surface area contributed by atoms with Gasteiger partial charge in [-0.15, -0.1) is 0 Å². The molecular formula is C7H10FNO2. The van der Waals surface area contributed by atoms with Crippen LogP contribution in [0, 0.1) is 0 Å². The smallest absolute Gasteiger partial charge is 0.328 e. The molecule has 1 saturated heterocycles. The van der Waals surface area contributed by atoms with E-state index in [1.54, 1.807) is 11.9 Å². The minimum Gasteiger partial charge on any atom is -0.478 e. The number of alkyl halides is 1. The number of aliphatic carboxylic acids is 1.